The SMILES string of the molecule is c1ccc(-c2c(-n3c4ccccc4c4ccc([Si](c5ccccc5)(c5ccccc5)c5ccccc5)cc43)ccc3c4ccccc4n(-c4ccccc4)c23)cc1. The normalized spacial score (nSPS) is 11.9. The van der Waals surface area contributed by atoms with Gasteiger partial charge in [0.05, 0.1) is 27.8 Å². The number of hydrogen-bond donors (Lipinski definition) is 0. The number of rotatable bonds is 7. The van der Waals surface area contributed by atoms with E-state index in [1.807, 2.05) is 0 Å². The summed E-state index contributed by atoms with van der Waals surface area (Å²) in [5.74, 6) is 0. The summed E-state index contributed by atoms with van der Waals surface area (Å²) in [4.78, 5) is 0. The van der Waals surface area contributed by atoms with Crippen molar-refractivity contribution in [3.63, 3.8) is 0 Å². The molecule has 0 atom stereocenters. The van der Waals surface area contributed by atoms with Crippen molar-refractivity contribution in [1.29, 1.82) is 0 Å². The molecule has 0 fully saturated rings. The second kappa shape index (κ2) is 13.5. The minimum absolute atomic E-state index is 1.15. The summed E-state index contributed by atoms with van der Waals surface area (Å²) in [6.45, 7) is 0. The quantitative estimate of drug-likeness (QED) is 0.114. The molecule has 2 aromatic heterocycles. The predicted molar refractivity (Wildman–Crippen MR) is 244 cm³/mol. The Morgan fingerprint density at radius 2 is 0.737 bits per heavy atom. The van der Waals surface area contributed by atoms with Crippen molar-refractivity contribution in [3.8, 4) is 22.5 Å². The molecule has 2 nitrogen and oxygen atoms in total. The van der Waals surface area contributed by atoms with Gasteiger partial charge in [-0.15, -0.1) is 0 Å². The fourth-order valence-corrected chi connectivity index (χ4v) is 14.3. The number of para-hydroxylation sites is 3. The van der Waals surface area contributed by atoms with Crippen LogP contribution in [0.3, 0.4) is 0 Å². The summed E-state index contributed by atoms with van der Waals surface area (Å²) in [5, 5.41) is 10.4. The molecular weight excluding hydrogens is 705 g/mol. The van der Waals surface area contributed by atoms with Gasteiger partial charge >= 0.3 is 0 Å². The number of nitrogens with zero attached hydrogens (tertiary/aromatic N) is 2. The third kappa shape index (κ3) is 5.10. The Hall–Kier alpha value is -7.20. The Labute approximate surface area is 333 Å². The van der Waals surface area contributed by atoms with Crippen LogP contribution in [0.4, 0.5) is 0 Å². The molecule has 2 heterocycles. The monoisotopic (exact) mass is 742 g/mol. The van der Waals surface area contributed by atoms with Crippen LogP contribution in [0.25, 0.3) is 66.1 Å². The van der Waals surface area contributed by atoms with Gasteiger partial charge in [-0.25, -0.2) is 0 Å². The summed E-state index contributed by atoms with van der Waals surface area (Å²) >= 11 is 0. The van der Waals surface area contributed by atoms with E-state index in [-0.39, 0.29) is 0 Å². The van der Waals surface area contributed by atoms with E-state index in [1.54, 1.807) is 0 Å². The van der Waals surface area contributed by atoms with Gasteiger partial charge in [0.1, 0.15) is 0 Å². The molecule has 3 heteroatoms. The van der Waals surface area contributed by atoms with Crippen LogP contribution in [-0.4, -0.2) is 17.2 Å². The lowest BCUT2D eigenvalue weighted by Gasteiger charge is -2.34. The molecule has 0 radical (unpaired) electrons. The van der Waals surface area contributed by atoms with E-state index in [0.29, 0.717) is 0 Å². The van der Waals surface area contributed by atoms with Gasteiger partial charge in [-0.3, -0.25) is 0 Å². The van der Waals surface area contributed by atoms with Crippen molar-refractivity contribution in [2.45, 2.75) is 0 Å². The first-order chi connectivity index (χ1) is 28.3. The highest BCUT2D eigenvalue weighted by Crippen LogP contribution is 2.43. The molecule has 0 unspecified atom stereocenters. The van der Waals surface area contributed by atoms with Crippen molar-refractivity contribution < 1.29 is 0 Å². The van der Waals surface area contributed by atoms with E-state index >= 15 is 0 Å². The highest BCUT2D eigenvalue weighted by atomic mass is 28.3. The van der Waals surface area contributed by atoms with E-state index in [4.69, 9.17) is 0 Å². The van der Waals surface area contributed by atoms with Crippen molar-refractivity contribution in [2.24, 2.45) is 0 Å². The molecule has 0 aliphatic rings. The number of fused-ring (bicyclic) bond motifs is 6. The maximum Gasteiger partial charge on any atom is 0.179 e. The lowest BCUT2D eigenvalue weighted by Crippen LogP contribution is -2.74. The third-order valence-electron chi connectivity index (χ3n) is 11.9. The predicted octanol–water partition coefficient (Wildman–Crippen LogP) is 10.9. The molecule has 0 amide bonds. The first kappa shape index (κ1) is 33.2. The molecule has 0 spiro atoms. The molecule has 9 aromatic carbocycles. The van der Waals surface area contributed by atoms with Crippen LogP contribution in [-0.2, 0) is 0 Å². The van der Waals surface area contributed by atoms with Crippen molar-refractivity contribution in [2.75, 3.05) is 0 Å². The first-order valence-electron chi connectivity index (χ1n) is 19.7. The van der Waals surface area contributed by atoms with Crippen molar-refractivity contribution in [1.82, 2.24) is 9.13 Å². The van der Waals surface area contributed by atoms with Crippen LogP contribution in [0, 0.1) is 0 Å². The summed E-state index contributed by atoms with van der Waals surface area (Å²) < 4.78 is 5.01. The zero-order chi connectivity index (χ0) is 37.8. The number of aromatic nitrogens is 2. The van der Waals surface area contributed by atoms with Crippen molar-refractivity contribution >= 4 is 72.4 Å². The summed E-state index contributed by atoms with van der Waals surface area (Å²) in [6.07, 6.45) is 0. The number of benzene rings is 9. The topological polar surface area (TPSA) is 9.86 Å². The summed E-state index contributed by atoms with van der Waals surface area (Å²) in [6, 6.07) is 85.3. The van der Waals surface area contributed by atoms with Crippen molar-refractivity contribution in [3.05, 3.63) is 231 Å². The second-order valence-electron chi connectivity index (χ2n) is 14.8. The summed E-state index contributed by atoms with van der Waals surface area (Å²) in [7, 11) is -2.80. The molecule has 0 saturated carbocycles. The largest absolute Gasteiger partial charge is 0.309 e. The van der Waals surface area contributed by atoms with Crippen LogP contribution >= 0.6 is 0 Å². The minimum atomic E-state index is -2.80. The second-order valence-corrected chi connectivity index (χ2v) is 18.7. The lowest BCUT2D eigenvalue weighted by molar-refractivity contribution is 1.16. The van der Waals surface area contributed by atoms with E-state index in [9.17, 15) is 0 Å². The average molecular weight is 743 g/mol. The summed E-state index contributed by atoms with van der Waals surface area (Å²) in [5.41, 5.74) is 9.48. The molecule has 57 heavy (non-hydrogen) atoms. The third-order valence-corrected chi connectivity index (χ3v) is 16.6. The fourth-order valence-electron chi connectivity index (χ4n) is 9.50. The zero-order valence-corrected chi connectivity index (χ0v) is 32.3. The van der Waals surface area contributed by atoms with Gasteiger partial charge in [-0.05, 0) is 62.7 Å². The zero-order valence-electron chi connectivity index (χ0n) is 31.3. The van der Waals surface area contributed by atoms with Crippen LogP contribution < -0.4 is 20.7 Å². The maximum absolute atomic E-state index is 2.80. The van der Waals surface area contributed by atoms with Crippen LogP contribution in [0.1, 0.15) is 0 Å². The highest BCUT2D eigenvalue weighted by Gasteiger charge is 2.41. The fraction of sp³-hybridized carbons (Fsp3) is 0. The van der Waals surface area contributed by atoms with Crippen LogP contribution in [0.15, 0.2) is 231 Å². The molecule has 268 valence electrons. The Kier molecular flexibility index (Phi) is 7.87. The Morgan fingerprint density at radius 3 is 1.32 bits per heavy atom. The maximum atomic E-state index is 2.54. The molecule has 0 N–H and O–H groups in total. The van der Waals surface area contributed by atoms with Gasteiger partial charge in [0.15, 0.2) is 8.07 Å². The standard InChI is InChI=1S/C54H38N2Si/c1-6-20-39(21-7-1)53-51(37-36-48-46-31-17-18-32-49(46)55(54(48)53)40-22-8-2-9-23-40)56-50-33-19-16-30-45(50)47-35-34-44(38-52(47)56)57(41-24-10-3-11-25-41,42-26-12-4-13-27-42)43-28-14-5-15-29-43/h1-38H. The Morgan fingerprint density at radius 1 is 0.298 bits per heavy atom. The van der Waals surface area contributed by atoms with Gasteiger partial charge in [-0.2, -0.15) is 0 Å². The van der Waals surface area contributed by atoms with Gasteiger partial charge < -0.3 is 9.13 Å². The van der Waals surface area contributed by atoms with Gasteiger partial charge in [0, 0.05) is 32.8 Å². The molecule has 11 aromatic rings. The van der Waals surface area contributed by atoms with Gasteiger partial charge in [0.25, 0.3) is 0 Å². The molecule has 0 aliphatic carbocycles. The Balaban J connectivity index is 1.30. The van der Waals surface area contributed by atoms with E-state index in [2.05, 4.69) is 240 Å². The van der Waals surface area contributed by atoms with Crippen LogP contribution in [0.2, 0.25) is 0 Å². The minimum Gasteiger partial charge on any atom is -0.309 e. The lowest BCUT2D eigenvalue weighted by atomic mass is 9.99. The van der Waals surface area contributed by atoms with Gasteiger partial charge in [0.2, 0.25) is 0 Å². The van der Waals surface area contributed by atoms with Gasteiger partial charge in [-0.1, -0.05) is 194 Å². The van der Waals surface area contributed by atoms with Crippen LogP contribution in [0.5, 0.6) is 0 Å². The molecule has 11 rings (SSSR count). The number of hydrogen-bond acceptors (Lipinski definition) is 0. The first-order valence-corrected chi connectivity index (χ1v) is 21.7. The molecular formula is C54H38N2Si. The molecule has 0 bridgehead atoms. The smallest absolute Gasteiger partial charge is 0.179 e. The Bertz CT molecular complexity index is 3110. The molecule has 0 saturated heterocycles. The van der Waals surface area contributed by atoms with E-state index in [0.717, 1.165) is 11.4 Å². The van der Waals surface area contributed by atoms with E-state index in [1.165, 1.54) is 75.5 Å². The molecule has 0 aliphatic heterocycles. The highest BCUT2D eigenvalue weighted by molar-refractivity contribution is 7.20. The average Bonchev–Trinajstić information content (AvgIpc) is 3.81. The van der Waals surface area contributed by atoms with E-state index < -0.39 is 8.07 Å².